The van der Waals surface area contributed by atoms with Gasteiger partial charge in [0.05, 0.1) is 15.9 Å². The van der Waals surface area contributed by atoms with Crippen molar-refractivity contribution in [3.05, 3.63) is 88.7 Å². The highest BCUT2D eigenvalue weighted by Gasteiger charge is 2.15. The molecule has 0 aliphatic rings. The summed E-state index contributed by atoms with van der Waals surface area (Å²) in [6, 6.07) is 20.2. The maximum Gasteiger partial charge on any atom is 0.277 e. The molecule has 4 rings (SSSR count). The predicted molar refractivity (Wildman–Crippen MR) is 134 cm³/mol. The minimum absolute atomic E-state index is 0.171. The SMILES string of the molecule is CC(C)Cn1c(=O)c(-c2ccc(C(=O)Nc3ccc(S(C)(=O)=O)cc3)cc2)nc2ccccc21. The molecule has 0 bridgehead atoms. The van der Waals surface area contributed by atoms with Gasteiger partial charge in [-0.3, -0.25) is 9.59 Å². The van der Waals surface area contributed by atoms with Crippen LogP contribution in [0.3, 0.4) is 0 Å². The van der Waals surface area contributed by atoms with E-state index in [1.165, 1.54) is 12.1 Å². The first-order valence-electron chi connectivity index (χ1n) is 10.8. The molecule has 0 unspecified atom stereocenters. The summed E-state index contributed by atoms with van der Waals surface area (Å²) in [6.07, 6.45) is 1.13. The van der Waals surface area contributed by atoms with Gasteiger partial charge in [0.25, 0.3) is 11.5 Å². The standard InChI is InChI=1S/C26H25N3O4S/c1-17(2)16-29-23-7-5-4-6-22(23)28-24(26(29)31)18-8-10-19(11-9-18)25(30)27-20-12-14-21(15-13-20)34(3,32)33/h4-15,17H,16H2,1-3H3,(H,27,30). The molecule has 1 aromatic heterocycles. The Hall–Kier alpha value is -3.78. The quantitative estimate of drug-likeness (QED) is 0.446. The first-order chi connectivity index (χ1) is 16.1. The van der Waals surface area contributed by atoms with E-state index < -0.39 is 9.84 Å². The smallest absolute Gasteiger partial charge is 0.277 e. The van der Waals surface area contributed by atoms with E-state index in [-0.39, 0.29) is 22.3 Å². The zero-order valence-electron chi connectivity index (χ0n) is 19.1. The van der Waals surface area contributed by atoms with E-state index in [0.29, 0.717) is 29.1 Å². The van der Waals surface area contributed by atoms with E-state index >= 15 is 0 Å². The lowest BCUT2D eigenvalue weighted by Crippen LogP contribution is -2.25. The number of aromatic nitrogens is 2. The van der Waals surface area contributed by atoms with E-state index in [9.17, 15) is 18.0 Å². The molecule has 0 saturated heterocycles. The number of amides is 1. The van der Waals surface area contributed by atoms with E-state index in [1.807, 2.05) is 24.3 Å². The first-order valence-corrected chi connectivity index (χ1v) is 12.7. The molecule has 3 aromatic carbocycles. The van der Waals surface area contributed by atoms with Gasteiger partial charge in [0.1, 0.15) is 5.69 Å². The van der Waals surface area contributed by atoms with Gasteiger partial charge in [0.15, 0.2) is 9.84 Å². The molecule has 0 fully saturated rings. The third kappa shape index (κ3) is 4.92. The highest BCUT2D eigenvalue weighted by molar-refractivity contribution is 7.90. The molecule has 4 aromatic rings. The molecule has 7 nitrogen and oxygen atoms in total. The highest BCUT2D eigenvalue weighted by atomic mass is 32.2. The van der Waals surface area contributed by atoms with Gasteiger partial charge in [-0.2, -0.15) is 0 Å². The van der Waals surface area contributed by atoms with Crippen molar-refractivity contribution in [1.82, 2.24) is 9.55 Å². The van der Waals surface area contributed by atoms with Crippen LogP contribution in [0.4, 0.5) is 5.69 Å². The summed E-state index contributed by atoms with van der Waals surface area (Å²) in [7, 11) is -3.30. The minimum Gasteiger partial charge on any atom is -0.322 e. The van der Waals surface area contributed by atoms with Gasteiger partial charge in [-0.1, -0.05) is 38.1 Å². The molecule has 1 amide bonds. The Bertz CT molecular complexity index is 1520. The molecule has 0 spiro atoms. The Morgan fingerprint density at radius 1 is 0.971 bits per heavy atom. The van der Waals surface area contributed by atoms with Crippen LogP contribution >= 0.6 is 0 Å². The van der Waals surface area contributed by atoms with Crippen LogP contribution in [0.25, 0.3) is 22.3 Å². The van der Waals surface area contributed by atoms with Crippen LogP contribution in [0, 0.1) is 5.92 Å². The predicted octanol–water partition coefficient (Wildman–Crippen LogP) is 4.38. The van der Waals surface area contributed by atoms with Gasteiger partial charge in [-0.05, 0) is 54.4 Å². The van der Waals surface area contributed by atoms with E-state index in [2.05, 4.69) is 24.1 Å². The Balaban J connectivity index is 1.62. The van der Waals surface area contributed by atoms with Crippen LogP contribution in [-0.4, -0.2) is 30.1 Å². The van der Waals surface area contributed by atoms with Gasteiger partial charge in [-0.25, -0.2) is 13.4 Å². The number of nitrogens with zero attached hydrogens (tertiary/aromatic N) is 2. The summed E-state index contributed by atoms with van der Waals surface area (Å²) in [4.78, 5) is 30.7. The third-order valence-electron chi connectivity index (χ3n) is 5.36. The van der Waals surface area contributed by atoms with Crippen LogP contribution in [-0.2, 0) is 16.4 Å². The maximum atomic E-state index is 13.3. The number of hydrogen-bond acceptors (Lipinski definition) is 5. The lowest BCUT2D eigenvalue weighted by Gasteiger charge is -2.14. The fraction of sp³-hybridized carbons (Fsp3) is 0.192. The summed E-state index contributed by atoms with van der Waals surface area (Å²) in [6.45, 7) is 4.69. The van der Waals surface area contributed by atoms with Crippen LogP contribution in [0.2, 0.25) is 0 Å². The molecule has 0 radical (unpaired) electrons. The van der Waals surface area contributed by atoms with Gasteiger partial charge in [0, 0.05) is 29.6 Å². The summed E-state index contributed by atoms with van der Waals surface area (Å²) in [5, 5.41) is 2.75. The Morgan fingerprint density at radius 2 is 1.62 bits per heavy atom. The summed E-state index contributed by atoms with van der Waals surface area (Å²) >= 11 is 0. The molecule has 1 N–H and O–H groups in total. The molecule has 8 heteroatoms. The number of carbonyl (C=O) groups is 1. The summed E-state index contributed by atoms with van der Waals surface area (Å²) in [5.41, 5.74) is 3.20. The van der Waals surface area contributed by atoms with Crippen molar-refractivity contribution in [3.8, 4) is 11.3 Å². The second-order valence-corrected chi connectivity index (χ2v) is 10.6. The van der Waals surface area contributed by atoms with E-state index in [1.54, 1.807) is 41.0 Å². The molecule has 0 aliphatic carbocycles. The number of hydrogen-bond donors (Lipinski definition) is 1. The molecule has 0 aliphatic heterocycles. The van der Waals surface area contributed by atoms with Gasteiger partial charge >= 0.3 is 0 Å². The Morgan fingerprint density at radius 3 is 2.24 bits per heavy atom. The molecule has 0 atom stereocenters. The average Bonchev–Trinajstić information content (AvgIpc) is 2.80. The largest absolute Gasteiger partial charge is 0.322 e. The first kappa shape index (κ1) is 23.4. The van der Waals surface area contributed by atoms with Crippen molar-refractivity contribution in [2.75, 3.05) is 11.6 Å². The number of fused-ring (bicyclic) bond motifs is 1. The fourth-order valence-corrected chi connectivity index (χ4v) is 4.33. The van der Waals surface area contributed by atoms with Gasteiger partial charge in [0.2, 0.25) is 0 Å². The van der Waals surface area contributed by atoms with Gasteiger partial charge in [-0.15, -0.1) is 0 Å². The van der Waals surface area contributed by atoms with E-state index in [0.717, 1.165) is 17.3 Å². The van der Waals surface area contributed by atoms with Crippen molar-refractivity contribution >= 4 is 32.5 Å². The lowest BCUT2D eigenvalue weighted by molar-refractivity contribution is 0.102. The zero-order valence-corrected chi connectivity index (χ0v) is 20.0. The molecule has 34 heavy (non-hydrogen) atoms. The molecular weight excluding hydrogens is 450 g/mol. The number of carbonyl (C=O) groups excluding carboxylic acids is 1. The summed E-state index contributed by atoms with van der Waals surface area (Å²) < 4.78 is 24.9. The van der Waals surface area contributed by atoms with Crippen molar-refractivity contribution in [3.63, 3.8) is 0 Å². The van der Waals surface area contributed by atoms with Gasteiger partial charge < -0.3 is 9.88 Å². The van der Waals surface area contributed by atoms with E-state index in [4.69, 9.17) is 0 Å². The number of benzene rings is 3. The van der Waals surface area contributed by atoms with Crippen LogP contribution < -0.4 is 10.9 Å². The third-order valence-corrected chi connectivity index (χ3v) is 6.49. The second-order valence-electron chi connectivity index (χ2n) is 8.59. The minimum atomic E-state index is -3.30. The maximum absolute atomic E-state index is 13.3. The van der Waals surface area contributed by atoms with Crippen LogP contribution in [0.5, 0.6) is 0 Å². The molecular formula is C26H25N3O4S. The number of anilines is 1. The molecule has 1 heterocycles. The van der Waals surface area contributed by atoms with Crippen molar-refractivity contribution in [2.24, 2.45) is 5.92 Å². The zero-order chi connectivity index (χ0) is 24.5. The van der Waals surface area contributed by atoms with Crippen molar-refractivity contribution in [2.45, 2.75) is 25.3 Å². The number of rotatable bonds is 6. The van der Waals surface area contributed by atoms with Crippen molar-refractivity contribution in [1.29, 1.82) is 0 Å². The Kier molecular flexibility index (Phi) is 6.34. The topological polar surface area (TPSA) is 98.1 Å². The molecule has 0 saturated carbocycles. The Labute approximate surface area is 198 Å². The van der Waals surface area contributed by atoms with Crippen molar-refractivity contribution < 1.29 is 13.2 Å². The fourth-order valence-electron chi connectivity index (χ4n) is 3.70. The lowest BCUT2D eigenvalue weighted by atomic mass is 10.1. The second kappa shape index (κ2) is 9.23. The normalized spacial score (nSPS) is 11.6. The average molecular weight is 476 g/mol. The monoisotopic (exact) mass is 475 g/mol. The number of nitrogens with one attached hydrogen (secondary N) is 1. The molecule has 174 valence electrons. The summed E-state index contributed by atoms with van der Waals surface area (Å²) in [5.74, 6) is -0.0590. The number of para-hydroxylation sites is 2. The van der Waals surface area contributed by atoms with Crippen LogP contribution in [0.1, 0.15) is 24.2 Å². The highest BCUT2D eigenvalue weighted by Crippen LogP contribution is 2.20. The van der Waals surface area contributed by atoms with Crippen LogP contribution in [0.15, 0.2) is 82.5 Å². The number of sulfone groups is 1.